The largest absolute Gasteiger partial charge is 0.396 e. The summed E-state index contributed by atoms with van der Waals surface area (Å²) in [6.45, 7) is 0. The van der Waals surface area contributed by atoms with Crippen molar-refractivity contribution in [3.05, 3.63) is 11.9 Å². The lowest BCUT2D eigenvalue weighted by molar-refractivity contribution is 0.136. The van der Waals surface area contributed by atoms with E-state index in [0.717, 1.165) is 25.7 Å². The van der Waals surface area contributed by atoms with Gasteiger partial charge in [0.25, 0.3) is 6.43 Å². The molecule has 0 aliphatic heterocycles. The number of nitrogens with zero attached hydrogens (tertiary/aromatic N) is 2. The molecular weight excluding hydrogens is 188 g/mol. The summed E-state index contributed by atoms with van der Waals surface area (Å²) in [6.07, 6.45) is 2.83. The number of hydrogen-bond acceptors (Lipinski definition) is 2. The van der Waals surface area contributed by atoms with E-state index in [4.69, 9.17) is 5.73 Å². The first-order chi connectivity index (χ1) is 6.70. The van der Waals surface area contributed by atoms with Crippen molar-refractivity contribution in [2.75, 3.05) is 5.73 Å². The second-order valence-electron chi connectivity index (χ2n) is 3.67. The van der Waals surface area contributed by atoms with Crippen LogP contribution in [0.3, 0.4) is 0 Å². The van der Waals surface area contributed by atoms with E-state index in [1.165, 1.54) is 10.9 Å². The highest BCUT2D eigenvalue weighted by Crippen LogP contribution is 2.34. The van der Waals surface area contributed by atoms with Gasteiger partial charge in [0.1, 0.15) is 5.69 Å². The zero-order valence-electron chi connectivity index (χ0n) is 7.79. The first-order valence-corrected chi connectivity index (χ1v) is 4.81. The molecule has 0 radical (unpaired) electrons. The lowest BCUT2D eigenvalue weighted by atomic mass is 10.2. The lowest BCUT2D eigenvalue weighted by Crippen LogP contribution is -2.11. The van der Waals surface area contributed by atoms with Crippen molar-refractivity contribution in [2.24, 2.45) is 0 Å². The van der Waals surface area contributed by atoms with Crippen molar-refractivity contribution in [1.82, 2.24) is 9.78 Å². The Balaban J connectivity index is 2.32. The van der Waals surface area contributed by atoms with Crippen LogP contribution in [-0.2, 0) is 0 Å². The quantitative estimate of drug-likeness (QED) is 0.798. The van der Waals surface area contributed by atoms with Gasteiger partial charge >= 0.3 is 0 Å². The molecule has 1 heterocycles. The molecule has 0 spiro atoms. The van der Waals surface area contributed by atoms with Crippen LogP contribution in [-0.4, -0.2) is 9.78 Å². The van der Waals surface area contributed by atoms with E-state index < -0.39 is 6.43 Å². The summed E-state index contributed by atoms with van der Waals surface area (Å²) >= 11 is 0. The summed E-state index contributed by atoms with van der Waals surface area (Å²) in [5, 5.41) is 3.93. The fourth-order valence-corrected chi connectivity index (χ4v) is 2.05. The van der Waals surface area contributed by atoms with Crippen LogP contribution in [0.5, 0.6) is 0 Å². The molecule has 14 heavy (non-hydrogen) atoms. The molecule has 1 aromatic rings. The molecule has 3 nitrogen and oxygen atoms in total. The van der Waals surface area contributed by atoms with E-state index in [2.05, 4.69) is 5.10 Å². The summed E-state index contributed by atoms with van der Waals surface area (Å²) < 4.78 is 26.7. The highest BCUT2D eigenvalue weighted by molar-refractivity contribution is 5.41. The summed E-state index contributed by atoms with van der Waals surface area (Å²) in [5.74, 6) is 0. The van der Waals surface area contributed by atoms with Crippen molar-refractivity contribution in [3.63, 3.8) is 0 Å². The Morgan fingerprint density at radius 3 is 2.64 bits per heavy atom. The van der Waals surface area contributed by atoms with Crippen molar-refractivity contribution < 1.29 is 8.78 Å². The second-order valence-corrected chi connectivity index (χ2v) is 3.67. The third-order valence-electron chi connectivity index (χ3n) is 2.74. The molecule has 2 N–H and O–H groups in total. The number of nitrogen functional groups attached to an aromatic ring is 1. The number of hydrogen-bond donors (Lipinski definition) is 1. The van der Waals surface area contributed by atoms with E-state index in [0.29, 0.717) is 0 Å². The first-order valence-electron chi connectivity index (χ1n) is 4.81. The number of alkyl halides is 2. The van der Waals surface area contributed by atoms with Gasteiger partial charge in [-0.2, -0.15) is 5.10 Å². The molecule has 0 saturated heterocycles. The molecule has 0 amide bonds. The molecule has 1 aliphatic carbocycles. The average Bonchev–Trinajstić information content (AvgIpc) is 2.70. The average molecular weight is 201 g/mol. The third kappa shape index (κ3) is 1.47. The number of rotatable bonds is 2. The van der Waals surface area contributed by atoms with E-state index in [1.807, 2.05) is 0 Å². The Morgan fingerprint density at radius 1 is 1.43 bits per heavy atom. The molecule has 0 atom stereocenters. The van der Waals surface area contributed by atoms with Gasteiger partial charge in [-0.05, 0) is 12.8 Å². The topological polar surface area (TPSA) is 43.8 Å². The molecule has 0 aromatic carbocycles. The van der Waals surface area contributed by atoms with E-state index in [1.54, 1.807) is 0 Å². The minimum atomic E-state index is -2.53. The SMILES string of the molecule is Nc1cnn(C2CCCC2)c1C(F)F. The minimum Gasteiger partial charge on any atom is -0.396 e. The molecule has 0 unspecified atom stereocenters. The number of halogens is 2. The van der Waals surface area contributed by atoms with Gasteiger partial charge in [-0.1, -0.05) is 12.8 Å². The maximum atomic E-state index is 12.6. The maximum Gasteiger partial charge on any atom is 0.282 e. The van der Waals surface area contributed by atoms with Crippen LogP contribution in [0.15, 0.2) is 6.20 Å². The molecule has 2 rings (SSSR count). The standard InChI is InChI=1S/C9H13F2N3/c10-9(11)8-7(12)5-13-14(8)6-3-1-2-4-6/h5-6,9H,1-4,12H2. The molecule has 1 aliphatic rings. The summed E-state index contributed by atoms with van der Waals surface area (Å²) in [6, 6.07) is 0.122. The predicted molar refractivity (Wildman–Crippen MR) is 49.1 cm³/mol. The highest BCUT2D eigenvalue weighted by atomic mass is 19.3. The van der Waals surface area contributed by atoms with Crippen molar-refractivity contribution in [2.45, 2.75) is 38.2 Å². The van der Waals surface area contributed by atoms with Gasteiger partial charge < -0.3 is 5.73 Å². The Bertz CT molecular complexity index is 316. The first kappa shape index (κ1) is 9.43. The molecule has 1 saturated carbocycles. The van der Waals surface area contributed by atoms with Crippen LogP contribution < -0.4 is 5.73 Å². The van der Waals surface area contributed by atoms with Crippen LogP contribution in [0, 0.1) is 0 Å². The summed E-state index contributed by atoms with van der Waals surface area (Å²) in [7, 11) is 0. The molecule has 5 heteroatoms. The van der Waals surface area contributed by atoms with E-state index in [9.17, 15) is 8.78 Å². The Kier molecular flexibility index (Phi) is 2.39. The Labute approximate surface area is 80.9 Å². The smallest absolute Gasteiger partial charge is 0.282 e. The van der Waals surface area contributed by atoms with E-state index >= 15 is 0 Å². The van der Waals surface area contributed by atoms with Crippen molar-refractivity contribution >= 4 is 5.69 Å². The van der Waals surface area contributed by atoms with Crippen LogP contribution in [0.25, 0.3) is 0 Å². The molecule has 0 bridgehead atoms. The number of nitrogens with two attached hydrogens (primary N) is 1. The second kappa shape index (κ2) is 3.55. The van der Waals surface area contributed by atoms with Gasteiger partial charge in [0.2, 0.25) is 0 Å². The number of anilines is 1. The number of aromatic nitrogens is 2. The zero-order valence-corrected chi connectivity index (χ0v) is 7.79. The zero-order chi connectivity index (χ0) is 10.1. The summed E-state index contributed by atoms with van der Waals surface area (Å²) in [5.41, 5.74) is 5.44. The Morgan fingerprint density at radius 2 is 2.07 bits per heavy atom. The minimum absolute atomic E-state index is 0.104. The maximum absolute atomic E-state index is 12.6. The molecular formula is C9H13F2N3. The third-order valence-corrected chi connectivity index (χ3v) is 2.74. The van der Waals surface area contributed by atoms with Crippen LogP contribution in [0.2, 0.25) is 0 Å². The fourth-order valence-electron chi connectivity index (χ4n) is 2.05. The normalized spacial score (nSPS) is 18.2. The Hall–Kier alpha value is -1.13. The van der Waals surface area contributed by atoms with Gasteiger partial charge in [0.15, 0.2) is 0 Å². The van der Waals surface area contributed by atoms with Gasteiger partial charge in [-0.25, -0.2) is 8.78 Å². The highest BCUT2D eigenvalue weighted by Gasteiger charge is 2.25. The van der Waals surface area contributed by atoms with Crippen LogP contribution >= 0.6 is 0 Å². The molecule has 1 fully saturated rings. The van der Waals surface area contributed by atoms with Crippen molar-refractivity contribution in [3.8, 4) is 0 Å². The van der Waals surface area contributed by atoms with Crippen molar-refractivity contribution in [1.29, 1.82) is 0 Å². The monoisotopic (exact) mass is 201 g/mol. The van der Waals surface area contributed by atoms with Gasteiger partial charge in [0.05, 0.1) is 17.9 Å². The van der Waals surface area contributed by atoms with Crippen LogP contribution in [0.1, 0.15) is 43.8 Å². The van der Waals surface area contributed by atoms with Gasteiger partial charge in [-0.3, -0.25) is 4.68 Å². The van der Waals surface area contributed by atoms with Gasteiger partial charge in [0, 0.05) is 0 Å². The van der Waals surface area contributed by atoms with Crippen LogP contribution in [0.4, 0.5) is 14.5 Å². The molecule has 1 aromatic heterocycles. The summed E-state index contributed by atoms with van der Waals surface area (Å²) in [4.78, 5) is 0. The van der Waals surface area contributed by atoms with E-state index in [-0.39, 0.29) is 17.4 Å². The van der Waals surface area contributed by atoms with Gasteiger partial charge in [-0.15, -0.1) is 0 Å². The lowest BCUT2D eigenvalue weighted by Gasteiger charge is -2.13. The molecule has 78 valence electrons. The fraction of sp³-hybridized carbons (Fsp3) is 0.667. The predicted octanol–water partition coefficient (Wildman–Crippen LogP) is 2.52.